The summed E-state index contributed by atoms with van der Waals surface area (Å²) in [4.78, 5) is 0. The second-order valence-electron chi connectivity index (χ2n) is 4.20. The summed E-state index contributed by atoms with van der Waals surface area (Å²) in [5, 5.41) is 3.08. The molecule has 0 aliphatic heterocycles. The third kappa shape index (κ3) is 3.93. The highest BCUT2D eigenvalue weighted by Gasteiger charge is 2.14. The van der Waals surface area contributed by atoms with Gasteiger partial charge in [0, 0.05) is 11.6 Å². The zero-order valence-electron chi connectivity index (χ0n) is 10.4. The van der Waals surface area contributed by atoms with Gasteiger partial charge in [0.25, 0.3) is 0 Å². The minimum absolute atomic E-state index is 0.0221. The zero-order chi connectivity index (χ0) is 12.8. The van der Waals surface area contributed by atoms with Gasteiger partial charge in [-0.15, -0.1) is 0 Å². The molecule has 1 N–H and O–H groups in total. The van der Waals surface area contributed by atoms with Crippen molar-refractivity contribution in [3.63, 3.8) is 0 Å². The smallest absolute Gasteiger partial charge is 0.129 e. The van der Waals surface area contributed by atoms with E-state index in [9.17, 15) is 8.78 Å². The molecule has 0 aromatic heterocycles. The topological polar surface area (TPSA) is 12.0 Å². The molecule has 0 radical (unpaired) electrons. The van der Waals surface area contributed by atoms with Gasteiger partial charge in [0.15, 0.2) is 0 Å². The van der Waals surface area contributed by atoms with Gasteiger partial charge in [0.1, 0.15) is 11.6 Å². The first kappa shape index (κ1) is 13.8. The van der Waals surface area contributed by atoms with E-state index in [2.05, 4.69) is 11.9 Å². The van der Waals surface area contributed by atoms with Crippen LogP contribution in [-0.4, -0.2) is 13.1 Å². The van der Waals surface area contributed by atoms with Crippen LogP contribution in [0.15, 0.2) is 30.4 Å². The Kier molecular flexibility index (Phi) is 5.29. The molecule has 0 saturated carbocycles. The minimum Gasteiger partial charge on any atom is -0.316 e. The number of hydrogen-bond donors (Lipinski definition) is 1. The van der Waals surface area contributed by atoms with Gasteiger partial charge in [0.2, 0.25) is 0 Å². The van der Waals surface area contributed by atoms with Crippen molar-refractivity contribution in [1.29, 1.82) is 0 Å². The van der Waals surface area contributed by atoms with Crippen LogP contribution in [0.2, 0.25) is 0 Å². The van der Waals surface area contributed by atoms with Gasteiger partial charge in [0.05, 0.1) is 0 Å². The molecule has 0 aliphatic rings. The van der Waals surface area contributed by atoms with E-state index < -0.39 is 11.6 Å². The first-order valence-corrected chi connectivity index (χ1v) is 5.85. The molecule has 0 spiro atoms. The lowest BCUT2D eigenvalue weighted by Gasteiger charge is -2.17. The first-order valence-electron chi connectivity index (χ1n) is 5.85. The quantitative estimate of drug-likeness (QED) is 0.750. The minimum atomic E-state index is -0.479. The van der Waals surface area contributed by atoms with Crippen LogP contribution in [0.3, 0.4) is 0 Å². The van der Waals surface area contributed by atoms with Crippen LogP contribution >= 0.6 is 0 Å². The largest absolute Gasteiger partial charge is 0.316 e. The maximum atomic E-state index is 13.5. The maximum Gasteiger partial charge on any atom is 0.129 e. The van der Waals surface area contributed by atoms with Gasteiger partial charge < -0.3 is 5.32 Å². The summed E-state index contributed by atoms with van der Waals surface area (Å²) >= 11 is 0. The van der Waals surface area contributed by atoms with E-state index in [1.807, 2.05) is 6.92 Å². The van der Waals surface area contributed by atoms with Crippen LogP contribution in [0, 0.1) is 11.6 Å². The standard InChI is InChI=1S/C14H19F2N/c1-4-10(2)8-11(17-3)9-12-13(15)6-5-7-14(12)16/h5-7,11,17H,2,4,8-9H2,1,3H3. The van der Waals surface area contributed by atoms with Crippen molar-refractivity contribution in [2.45, 2.75) is 32.2 Å². The number of likely N-dealkylation sites (N-methyl/N-ethyl adjacent to an activating group) is 1. The summed E-state index contributed by atoms with van der Waals surface area (Å²) in [6.45, 7) is 5.95. The van der Waals surface area contributed by atoms with E-state index in [0.717, 1.165) is 18.4 Å². The van der Waals surface area contributed by atoms with E-state index in [1.54, 1.807) is 7.05 Å². The third-order valence-corrected chi connectivity index (χ3v) is 2.96. The average molecular weight is 239 g/mol. The second kappa shape index (κ2) is 6.50. The van der Waals surface area contributed by atoms with Crippen molar-refractivity contribution in [2.24, 2.45) is 0 Å². The number of hydrogen-bond acceptors (Lipinski definition) is 1. The fourth-order valence-corrected chi connectivity index (χ4v) is 1.74. The predicted molar refractivity (Wildman–Crippen MR) is 67.0 cm³/mol. The van der Waals surface area contributed by atoms with Gasteiger partial charge in [-0.2, -0.15) is 0 Å². The Bertz CT molecular complexity index is 368. The Hall–Kier alpha value is -1.22. The van der Waals surface area contributed by atoms with Crippen LogP contribution in [0.25, 0.3) is 0 Å². The van der Waals surface area contributed by atoms with Gasteiger partial charge in [-0.25, -0.2) is 8.78 Å². The molecule has 3 heteroatoms. The van der Waals surface area contributed by atoms with Crippen molar-refractivity contribution in [3.05, 3.63) is 47.5 Å². The number of rotatable bonds is 6. The Labute approximate surface area is 102 Å². The molecule has 0 amide bonds. The van der Waals surface area contributed by atoms with Gasteiger partial charge in [-0.05, 0) is 38.4 Å². The van der Waals surface area contributed by atoms with Crippen LogP contribution in [0.5, 0.6) is 0 Å². The van der Waals surface area contributed by atoms with Crippen LogP contribution in [0.1, 0.15) is 25.3 Å². The normalized spacial score (nSPS) is 12.5. The molecule has 0 aliphatic carbocycles. The third-order valence-electron chi connectivity index (χ3n) is 2.96. The molecule has 94 valence electrons. The molecule has 0 heterocycles. The SMILES string of the molecule is C=C(CC)CC(Cc1c(F)cccc1F)NC. The zero-order valence-corrected chi connectivity index (χ0v) is 10.4. The molecule has 1 unspecified atom stereocenters. The predicted octanol–water partition coefficient (Wildman–Crippen LogP) is 3.45. The van der Waals surface area contributed by atoms with E-state index >= 15 is 0 Å². The molecular formula is C14H19F2N. The lowest BCUT2D eigenvalue weighted by molar-refractivity contribution is 0.499. The van der Waals surface area contributed by atoms with Crippen molar-refractivity contribution >= 4 is 0 Å². The Balaban J connectivity index is 2.77. The summed E-state index contributed by atoms with van der Waals surface area (Å²) in [6.07, 6.45) is 1.97. The average Bonchev–Trinajstić information content (AvgIpc) is 2.32. The summed E-state index contributed by atoms with van der Waals surface area (Å²) in [5.41, 5.74) is 1.23. The Morgan fingerprint density at radius 3 is 2.41 bits per heavy atom. The van der Waals surface area contributed by atoms with Crippen LogP contribution in [0.4, 0.5) is 8.78 Å². The van der Waals surface area contributed by atoms with E-state index in [0.29, 0.717) is 6.42 Å². The first-order chi connectivity index (χ1) is 8.08. The lowest BCUT2D eigenvalue weighted by Crippen LogP contribution is -2.28. The molecule has 1 rings (SSSR count). The highest BCUT2D eigenvalue weighted by Crippen LogP contribution is 2.17. The molecule has 1 nitrogen and oxygen atoms in total. The van der Waals surface area contributed by atoms with Crippen molar-refractivity contribution in [2.75, 3.05) is 7.05 Å². The highest BCUT2D eigenvalue weighted by molar-refractivity contribution is 5.21. The monoisotopic (exact) mass is 239 g/mol. The van der Waals surface area contributed by atoms with Gasteiger partial charge in [-0.1, -0.05) is 25.1 Å². The van der Waals surface area contributed by atoms with Crippen LogP contribution in [-0.2, 0) is 6.42 Å². The molecule has 0 saturated heterocycles. The number of halogens is 2. The summed E-state index contributed by atoms with van der Waals surface area (Å²) in [7, 11) is 1.80. The van der Waals surface area contributed by atoms with E-state index in [1.165, 1.54) is 18.2 Å². The summed E-state index contributed by atoms with van der Waals surface area (Å²) in [6, 6.07) is 3.99. The summed E-state index contributed by atoms with van der Waals surface area (Å²) in [5.74, 6) is -0.959. The van der Waals surface area contributed by atoms with Gasteiger partial charge >= 0.3 is 0 Å². The fraction of sp³-hybridized carbons (Fsp3) is 0.429. The molecule has 1 aromatic carbocycles. The highest BCUT2D eigenvalue weighted by atomic mass is 19.1. The van der Waals surface area contributed by atoms with E-state index in [-0.39, 0.29) is 11.6 Å². The number of nitrogens with one attached hydrogen (secondary N) is 1. The molecule has 1 atom stereocenters. The molecule has 0 fully saturated rings. The van der Waals surface area contributed by atoms with Gasteiger partial charge in [-0.3, -0.25) is 0 Å². The fourth-order valence-electron chi connectivity index (χ4n) is 1.74. The van der Waals surface area contributed by atoms with E-state index in [4.69, 9.17) is 0 Å². The second-order valence-corrected chi connectivity index (χ2v) is 4.20. The molecular weight excluding hydrogens is 220 g/mol. The maximum absolute atomic E-state index is 13.5. The molecule has 0 bridgehead atoms. The van der Waals surface area contributed by atoms with Crippen LogP contribution < -0.4 is 5.32 Å². The van der Waals surface area contributed by atoms with Crippen molar-refractivity contribution in [1.82, 2.24) is 5.32 Å². The molecule has 17 heavy (non-hydrogen) atoms. The van der Waals surface area contributed by atoms with Crippen molar-refractivity contribution in [3.8, 4) is 0 Å². The Morgan fingerprint density at radius 2 is 1.94 bits per heavy atom. The molecule has 1 aromatic rings. The summed E-state index contributed by atoms with van der Waals surface area (Å²) < 4.78 is 27.0. The Morgan fingerprint density at radius 1 is 1.35 bits per heavy atom. The number of benzene rings is 1. The lowest BCUT2D eigenvalue weighted by atomic mass is 9.98. The van der Waals surface area contributed by atoms with Crippen molar-refractivity contribution < 1.29 is 8.78 Å².